The quantitative estimate of drug-likeness (QED) is 0.710. The highest BCUT2D eigenvalue weighted by molar-refractivity contribution is 5.85. The highest BCUT2D eigenvalue weighted by Gasteiger charge is 2.28. The lowest BCUT2D eigenvalue weighted by molar-refractivity contribution is 0.0178. The van der Waals surface area contributed by atoms with Crippen LogP contribution in [0.15, 0.2) is 0 Å². The first kappa shape index (κ1) is 19.4. The second-order valence-corrected chi connectivity index (χ2v) is 4.79. The number of ether oxygens (including phenoxy) is 2. The van der Waals surface area contributed by atoms with Crippen LogP contribution in [0.3, 0.4) is 0 Å². The number of rotatable bonds is 6. The maximum atomic E-state index is 5.43. The normalized spacial score (nSPS) is 24.8. The third-order valence-electron chi connectivity index (χ3n) is 3.62. The second-order valence-electron chi connectivity index (χ2n) is 4.79. The fourth-order valence-electron chi connectivity index (χ4n) is 2.64. The molecule has 0 aliphatic carbocycles. The number of hydrogen-bond acceptors (Lipinski definition) is 5. The van der Waals surface area contributed by atoms with Crippen LogP contribution in [0.4, 0.5) is 0 Å². The van der Waals surface area contributed by atoms with Crippen LogP contribution in [0.5, 0.6) is 0 Å². The van der Waals surface area contributed by atoms with Crippen molar-refractivity contribution in [1.29, 1.82) is 0 Å². The summed E-state index contributed by atoms with van der Waals surface area (Å²) in [6.45, 7) is 9.54. The molecule has 1 atom stereocenters. The Kier molecular flexibility index (Phi) is 11.3. The van der Waals surface area contributed by atoms with Crippen molar-refractivity contribution in [2.75, 3.05) is 65.7 Å². The Labute approximate surface area is 128 Å². The zero-order valence-corrected chi connectivity index (χ0v) is 13.1. The summed E-state index contributed by atoms with van der Waals surface area (Å²) >= 11 is 0. The van der Waals surface area contributed by atoms with Crippen molar-refractivity contribution in [3.05, 3.63) is 0 Å². The zero-order chi connectivity index (χ0) is 11.9. The first-order valence-electron chi connectivity index (χ1n) is 6.72. The summed E-state index contributed by atoms with van der Waals surface area (Å²) < 4.78 is 10.8. The van der Waals surface area contributed by atoms with Gasteiger partial charge in [-0.1, -0.05) is 0 Å². The number of likely N-dealkylation sites (tertiary alicyclic amines) is 1. The summed E-state index contributed by atoms with van der Waals surface area (Å²) in [4.78, 5) is 5.07. The minimum absolute atomic E-state index is 0. The Balaban J connectivity index is 0.00000162. The van der Waals surface area contributed by atoms with Gasteiger partial charge in [-0.15, -0.1) is 24.8 Å². The topological polar surface area (TPSA) is 51.0 Å². The summed E-state index contributed by atoms with van der Waals surface area (Å²) in [6, 6.07) is 0.730. The van der Waals surface area contributed by atoms with Gasteiger partial charge in [0, 0.05) is 38.8 Å². The smallest absolute Gasteiger partial charge is 0.0594 e. The Morgan fingerprint density at radius 3 is 2.53 bits per heavy atom. The Bertz CT molecular complexity index is 219. The summed E-state index contributed by atoms with van der Waals surface area (Å²) in [5, 5.41) is 0. The van der Waals surface area contributed by atoms with Gasteiger partial charge in [0.1, 0.15) is 0 Å². The van der Waals surface area contributed by atoms with E-state index in [1.54, 1.807) is 0 Å². The summed E-state index contributed by atoms with van der Waals surface area (Å²) in [5.74, 6) is 0. The van der Waals surface area contributed by atoms with E-state index in [4.69, 9.17) is 15.2 Å². The molecule has 0 bridgehead atoms. The average molecular weight is 316 g/mol. The lowest BCUT2D eigenvalue weighted by Gasteiger charge is -2.32. The van der Waals surface area contributed by atoms with E-state index in [0.29, 0.717) is 13.2 Å². The molecule has 0 aromatic carbocycles. The molecule has 0 aromatic heterocycles. The number of halogens is 2. The molecule has 2 heterocycles. The minimum atomic E-state index is 0. The van der Waals surface area contributed by atoms with Gasteiger partial charge < -0.3 is 15.2 Å². The van der Waals surface area contributed by atoms with Crippen molar-refractivity contribution in [2.45, 2.75) is 12.5 Å². The number of morpholine rings is 1. The van der Waals surface area contributed by atoms with Crippen molar-refractivity contribution < 1.29 is 9.47 Å². The van der Waals surface area contributed by atoms with Crippen LogP contribution in [-0.4, -0.2) is 81.5 Å². The Morgan fingerprint density at radius 1 is 1.11 bits per heavy atom. The summed E-state index contributed by atoms with van der Waals surface area (Å²) in [6.07, 6.45) is 1.29. The van der Waals surface area contributed by atoms with Crippen LogP contribution in [0.1, 0.15) is 6.42 Å². The van der Waals surface area contributed by atoms with E-state index in [9.17, 15) is 0 Å². The van der Waals surface area contributed by atoms with Gasteiger partial charge in [0.2, 0.25) is 0 Å². The van der Waals surface area contributed by atoms with Gasteiger partial charge >= 0.3 is 0 Å². The first-order valence-corrected chi connectivity index (χ1v) is 6.72. The van der Waals surface area contributed by atoms with Crippen molar-refractivity contribution in [1.82, 2.24) is 9.80 Å². The van der Waals surface area contributed by atoms with E-state index in [1.807, 2.05) is 0 Å². The van der Waals surface area contributed by atoms with Crippen LogP contribution in [0.2, 0.25) is 0 Å². The third-order valence-corrected chi connectivity index (χ3v) is 3.62. The fourth-order valence-corrected chi connectivity index (χ4v) is 2.64. The highest BCUT2D eigenvalue weighted by atomic mass is 35.5. The highest BCUT2D eigenvalue weighted by Crippen LogP contribution is 2.16. The van der Waals surface area contributed by atoms with Gasteiger partial charge in [0.25, 0.3) is 0 Å². The van der Waals surface area contributed by atoms with Crippen molar-refractivity contribution in [3.8, 4) is 0 Å². The van der Waals surface area contributed by atoms with Crippen LogP contribution in [0.25, 0.3) is 0 Å². The van der Waals surface area contributed by atoms with E-state index in [-0.39, 0.29) is 24.8 Å². The van der Waals surface area contributed by atoms with E-state index in [1.165, 1.54) is 19.5 Å². The molecule has 0 radical (unpaired) electrons. The van der Waals surface area contributed by atoms with Gasteiger partial charge in [-0.25, -0.2) is 0 Å². The molecule has 2 fully saturated rings. The van der Waals surface area contributed by atoms with Crippen molar-refractivity contribution in [3.63, 3.8) is 0 Å². The molecule has 2 N–H and O–H groups in total. The van der Waals surface area contributed by atoms with E-state index in [2.05, 4.69) is 9.80 Å². The molecule has 2 aliphatic heterocycles. The standard InChI is InChI=1S/C12H25N3O2.2ClH/c13-2-7-16-8-4-14-3-1-12(11-14)15-5-9-17-10-6-15;;/h12H,1-11,13H2;2*1H. The van der Waals surface area contributed by atoms with Crippen molar-refractivity contribution >= 4 is 24.8 Å². The zero-order valence-electron chi connectivity index (χ0n) is 11.5. The van der Waals surface area contributed by atoms with E-state index in [0.717, 1.165) is 45.5 Å². The maximum Gasteiger partial charge on any atom is 0.0594 e. The predicted molar refractivity (Wildman–Crippen MR) is 81.6 cm³/mol. The molecule has 0 aromatic rings. The molecule has 116 valence electrons. The number of nitrogens with two attached hydrogens (primary N) is 1. The molecule has 1 unspecified atom stereocenters. The third kappa shape index (κ3) is 6.58. The number of nitrogens with zero attached hydrogens (tertiary/aromatic N) is 2. The SMILES string of the molecule is Cl.Cl.NCCOCCN1CCC(N2CCOCC2)C1. The minimum Gasteiger partial charge on any atom is -0.379 e. The summed E-state index contributed by atoms with van der Waals surface area (Å²) in [7, 11) is 0. The van der Waals surface area contributed by atoms with Crippen molar-refractivity contribution in [2.24, 2.45) is 5.73 Å². The second kappa shape index (κ2) is 11.1. The molecule has 0 amide bonds. The lowest BCUT2D eigenvalue weighted by atomic mass is 10.2. The lowest BCUT2D eigenvalue weighted by Crippen LogP contribution is -2.44. The molecule has 2 rings (SSSR count). The van der Waals surface area contributed by atoms with Crippen LogP contribution in [0, 0.1) is 0 Å². The molecule has 7 heteroatoms. The van der Waals surface area contributed by atoms with Gasteiger partial charge in [-0.3, -0.25) is 9.80 Å². The van der Waals surface area contributed by atoms with Crippen LogP contribution < -0.4 is 5.73 Å². The molecular weight excluding hydrogens is 289 g/mol. The largest absolute Gasteiger partial charge is 0.379 e. The molecule has 0 saturated carbocycles. The van der Waals surface area contributed by atoms with Crippen LogP contribution >= 0.6 is 24.8 Å². The number of hydrogen-bond donors (Lipinski definition) is 1. The Hall–Kier alpha value is 0.380. The maximum absolute atomic E-state index is 5.43. The monoisotopic (exact) mass is 315 g/mol. The van der Waals surface area contributed by atoms with Gasteiger partial charge in [-0.05, 0) is 13.0 Å². The fraction of sp³-hybridized carbons (Fsp3) is 1.00. The molecular formula is C12H27Cl2N3O2. The van der Waals surface area contributed by atoms with E-state index < -0.39 is 0 Å². The average Bonchev–Trinajstić information content (AvgIpc) is 2.85. The van der Waals surface area contributed by atoms with Gasteiger partial charge in [0.05, 0.1) is 26.4 Å². The molecule has 2 aliphatic rings. The summed E-state index contributed by atoms with van der Waals surface area (Å²) in [5.41, 5.74) is 5.39. The van der Waals surface area contributed by atoms with Crippen LogP contribution in [-0.2, 0) is 9.47 Å². The molecule has 5 nitrogen and oxygen atoms in total. The molecule has 2 saturated heterocycles. The predicted octanol–water partition coefficient (Wildman–Crippen LogP) is 0.212. The van der Waals surface area contributed by atoms with Gasteiger partial charge in [-0.2, -0.15) is 0 Å². The first-order chi connectivity index (χ1) is 8.40. The molecule has 0 spiro atoms. The Morgan fingerprint density at radius 2 is 1.84 bits per heavy atom. The van der Waals surface area contributed by atoms with E-state index >= 15 is 0 Å². The molecule has 19 heavy (non-hydrogen) atoms. The van der Waals surface area contributed by atoms with Gasteiger partial charge in [0.15, 0.2) is 0 Å².